The number of carbonyl (C=O) groups excluding carboxylic acids is 3. The summed E-state index contributed by atoms with van der Waals surface area (Å²) < 4.78 is 0.998. The average Bonchev–Trinajstić information content (AvgIpc) is 3.32. The second-order valence-electron chi connectivity index (χ2n) is 9.62. The first-order valence-corrected chi connectivity index (χ1v) is 12.6. The molecule has 1 fully saturated rings. The summed E-state index contributed by atoms with van der Waals surface area (Å²) in [5.74, 6) is -1.35. The Hall–Kier alpha value is -1.58. The topological polar surface area (TPSA) is 98.7 Å². The second kappa shape index (κ2) is 11.3. The smallest absolute Gasteiger partial charge is 0.247 e. The quantitative estimate of drug-likeness (QED) is 0.198. The Labute approximate surface area is 193 Å². The van der Waals surface area contributed by atoms with Crippen molar-refractivity contribution in [3.63, 3.8) is 0 Å². The highest BCUT2D eigenvalue weighted by Crippen LogP contribution is 2.26. The van der Waals surface area contributed by atoms with Gasteiger partial charge >= 0.3 is 0 Å². The minimum atomic E-state index is -0.690. The van der Waals surface area contributed by atoms with Crippen LogP contribution in [-0.4, -0.2) is 46.0 Å². The van der Waals surface area contributed by atoms with E-state index >= 15 is 0 Å². The van der Waals surface area contributed by atoms with Crippen LogP contribution < -0.4 is 10.6 Å². The average molecular weight is 470 g/mol. The number of rotatable bonds is 11. The van der Waals surface area contributed by atoms with Crippen molar-refractivity contribution >= 4 is 40.8 Å². The van der Waals surface area contributed by atoms with E-state index in [9.17, 15) is 19.6 Å². The van der Waals surface area contributed by atoms with Crippen LogP contribution in [0, 0.1) is 17.3 Å². The van der Waals surface area contributed by atoms with Gasteiger partial charge in [0, 0.05) is 18.4 Å². The van der Waals surface area contributed by atoms with E-state index < -0.39 is 23.3 Å². The molecule has 1 aromatic heterocycles. The van der Waals surface area contributed by atoms with Crippen molar-refractivity contribution in [2.24, 2.45) is 17.3 Å². The Morgan fingerprint density at radius 1 is 1.26 bits per heavy atom. The number of thiophene rings is 1. The molecule has 0 radical (unpaired) electrons. The highest BCUT2D eigenvalue weighted by Gasteiger charge is 2.37. The first-order valence-electron chi connectivity index (χ1n) is 10.7. The number of hydrogen-bond acceptors (Lipinski definition) is 6. The monoisotopic (exact) mass is 469 g/mol. The SMILES string of the molecule is CC(C)C[C@H](CC(=O)N(O)CSc1cccs1)C(=O)N[C@H](C(=O)NC1CC1)C(C)(C)C. The van der Waals surface area contributed by atoms with E-state index in [-0.39, 0.29) is 36.1 Å². The van der Waals surface area contributed by atoms with Crippen LogP contribution in [0.2, 0.25) is 0 Å². The van der Waals surface area contributed by atoms with E-state index in [1.165, 1.54) is 23.1 Å². The van der Waals surface area contributed by atoms with E-state index in [2.05, 4.69) is 10.6 Å². The molecular formula is C22H35N3O4S2. The van der Waals surface area contributed by atoms with Crippen molar-refractivity contribution in [3.8, 4) is 0 Å². The fourth-order valence-electron chi connectivity index (χ4n) is 3.16. The molecule has 0 bridgehead atoms. The Bertz CT molecular complexity index is 742. The zero-order valence-corrected chi connectivity index (χ0v) is 20.6. The molecule has 1 aliphatic carbocycles. The molecule has 0 aliphatic heterocycles. The van der Waals surface area contributed by atoms with Gasteiger partial charge < -0.3 is 10.6 Å². The van der Waals surface area contributed by atoms with Crippen molar-refractivity contribution < 1.29 is 19.6 Å². The molecule has 0 spiro atoms. The summed E-state index contributed by atoms with van der Waals surface area (Å²) in [6, 6.07) is 3.34. The van der Waals surface area contributed by atoms with Crippen LogP contribution in [0.15, 0.2) is 21.7 Å². The molecule has 3 N–H and O–H groups in total. The number of carbonyl (C=O) groups is 3. The molecule has 1 aromatic rings. The van der Waals surface area contributed by atoms with Crippen LogP contribution >= 0.6 is 23.1 Å². The summed E-state index contributed by atoms with van der Waals surface area (Å²) in [6.45, 7) is 9.68. The van der Waals surface area contributed by atoms with Crippen molar-refractivity contribution in [1.29, 1.82) is 0 Å². The van der Waals surface area contributed by atoms with Crippen molar-refractivity contribution in [1.82, 2.24) is 15.7 Å². The van der Waals surface area contributed by atoms with Crippen LogP contribution in [0.4, 0.5) is 0 Å². The molecule has 2 atom stereocenters. The van der Waals surface area contributed by atoms with Gasteiger partial charge in [0.1, 0.15) is 6.04 Å². The summed E-state index contributed by atoms with van der Waals surface area (Å²) in [4.78, 5) is 38.4. The van der Waals surface area contributed by atoms with Gasteiger partial charge in [-0.15, -0.1) is 11.3 Å². The van der Waals surface area contributed by atoms with Gasteiger partial charge in [-0.2, -0.15) is 0 Å². The number of thioether (sulfide) groups is 1. The molecular weight excluding hydrogens is 434 g/mol. The Kier molecular flexibility index (Phi) is 9.39. The molecule has 7 nitrogen and oxygen atoms in total. The molecule has 0 unspecified atom stereocenters. The normalized spacial score (nSPS) is 16.0. The summed E-state index contributed by atoms with van der Waals surface area (Å²) in [5, 5.41) is 18.6. The molecule has 1 heterocycles. The summed E-state index contributed by atoms with van der Waals surface area (Å²) in [7, 11) is 0. The molecule has 1 aliphatic rings. The number of hydroxylamine groups is 2. The lowest BCUT2D eigenvalue weighted by Crippen LogP contribution is -2.55. The molecule has 174 valence electrons. The van der Waals surface area contributed by atoms with Crippen LogP contribution in [0.25, 0.3) is 0 Å². The van der Waals surface area contributed by atoms with E-state index in [0.29, 0.717) is 11.5 Å². The highest BCUT2D eigenvalue weighted by molar-refractivity contribution is 8.01. The fourth-order valence-corrected chi connectivity index (χ4v) is 4.77. The van der Waals surface area contributed by atoms with E-state index in [1.807, 2.05) is 52.1 Å². The summed E-state index contributed by atoms with van der Waals surface area (Å²) in [5.41, 5.74) is -0.471. The van der Waals surface area contributed by atoms with Gasteiger partial charge in [0.2, 0.25) is 17.7 Å². The summed E-state index contributed by atoms with van der Waals surface area (Å²) in [6.07, 6.45) is 2.32. The molecule has 0 aromatic carbocycles. The molecule has 2 rings (SSSR count). The number of amides is 3. The van der Waals surface area contributed by atoms with Crippen LogP contribution in [0.3, 0.4) is 0 Å². The van der Waals surface area contributed by atoms with Crippen molar-refractivity contribution in [3.05, 3.63) is 17.5 Å². The summed E-state index contributed by atoms with van der Waals surface area (Å²) >= 11 is 2.90. The number of nitrogens with one attached hydrogen (secondary N) is 2. The minimum absolute atomic E-state index is 0.101. The van der Waals surface area contributed by atoms with Gasteiger partial charge in [0.05, 0.1) is 10.1 Å². The van der Waals surface area contributed by atoms with Gasteiger partial charge in [-0.25, -0.2) is 5.06 Å². The van der Waals surface area contributed by atoms with Gasteiger partial charge in [-0.3, -0.25) is 19.6 Å². The minimum Gasteiger partial charge on any atom is -0.352 e. The first-order chi connectivity index (χ1) is 14.5. The third-order valence-corrected chi connectivity index (χ3v) is 7.10. The lowest BCUT2D eigenvalue weighted by atomic mass is 9.85. The third-order valence-electron chi connectivity index (χ3n) is 5.00. The van der Waals surface area contributed by atoms with Crippen LogP contribution in [-0.2, 0) is 14.4 Å². The molecule has 9 heteroatoms. The van der Waals surface area contributed by atoms with Crippen LogP contribution in [0.5, 0.6) is 0 Å². The number of nitrogens with zero attached hydrogens (tertiary/aromatic N) is 1. The largest absolute Gasteiger partial charge is 0.352 e. The van der Waals surface area contributed by atoms with E-state index in [0.717, 1.165) is 17.1 Å². The standard InChI is InChI=1S/C22H35N3O4S2/c1-14(2)11-15(12-17(26)25(29)13-31-18-7-6-10-30-18)20(27)24-19(22(3,4)5)21(28)23-16-8-9-16/h6-7,10,14-16,19,29H,8-9,11-13H2,1-5H3,(H,23,28)(H,24,27)/t15-,19-/m1/s1. The van der Waals surface area contributed by atoms with Gasteiger partial charge in [0.15, 0.2) is 0 Å². The van der Waals surface area contributed by atoms with Gasteiger partial charge in [0.25, 0.3) is 0 Å². The molecule has 31 heavy (non-hydrogen) atoms. The maximum atomic E-state index is 13.1. The maximum Gasteiger partial charge on any atom is 0.247 e. The van der Waals surface area contributed by atoms with Crippen molar-refractivity contribution in [2.75, 3.05) is 5.88 Å². The molecule has 0 saturated heterocycles. The highest BCUT2D eigenvalue weighted by atomic mass is 32.2. The van der Waals surface area contributed by atoms with E-state index in [4.69, 9.17) is 0 Å². The third kappa shape index (κ3) is 8.82. The molecule has 1 saturated carbocycles. The number of hydrogen-bond donors (Lipinski definition) is 3. The predicted octanol–water partition coefficient (Wildman–Crippen LogP) is 3.88. The van der Waals surface area contributed by atoms with Gasteiger partial charge in [-0.05, 0) is 42.0 Å². The van der Waals surface area contributed by atoms with Crippen molar-refractivity contribution in [2.45, 2.75) is 76.6 Å². The Morgan fingerprint density at radius 2 is 1.94 bits per heavy atom. The first kappa shape index (κ1) is 25.7. The zero-order chi connectivity index (χ0) is 23.2. The lowest BCUT2D eigenvalue weighted by Gasteiger charge is -2.32. The Morgan fingerprint density at radius 3 is 2.45 bits per heavy atom. The predicted molar refractivity (Wildman–Crippen MR) is 124 cm³/mol. The maximum absolute atomic E-state index is 13.1. The molecule has 3 amide bonds. The van der Waals surface area contributed by atoms with Gasteiger partial charge in [-0.1, -0.05) is 52.4 Å². The van der Waals surface area contributed by atoms with Crippen LogP contribution in [0.1, 0.15) is 60.3 Å². The lowest BCUT2D eigenvalue weighted by molar-refractivity contribution is -0.163. The fraction of sp³-hybridized carbons (Fsp3) is 0.682. The zero-order valence-electron chi connectivity index (χ0n) is 19.0. The Balaban J connectivity index is 2.00. The van der Waals surface area contributed by atoms with E-state index in [1.54, 1.807) is 0 Å². The second-order valence-corrected chi connectivity index (χ2v) is 11.8.